The fourth-order valence-electron chi connectivity index (χ4n) is 2.01. The van der Waals surface area contributed by atoms with Gasteiger partial charge in [-0.3, -0.25) is 4.79 Å². The molecule has 0 aliphatic carbocycles. The highest BCUT2D eigenvalue weighted by Crippen LogP contribution is 2.25. The number of carbonyl (C=O) groups is 2. The van der Waals surface area contributed by atoms with Gasteiger partial charge in [-0.25, -0.2) is 4.79 Å². The molecule has 1 atom stereocenters. The number of hydrogen-bond acceptors (Lipinski definition) is 2. The summed E-state index contributed by atoms with van der Waals surface area (Å²) < 4.78 is 0. The second-order valence-electron chi connectivity index (χ2n) is 4.75. The van der Waals surface area contributed by atoms with Gasteiger partial charge in [0.05, 0.1) is 10.6 Å². The summed E-state index contributed by atoms with van der Waals surface area (Å²) in [6, 6.07) is 10.1. The predicted molar refractivity (Wildman–Crippen MR) is 90.5 cm³/mol. The largest absolute Gasteiger partial charge is 0.480 e. The summed E-state index contributed by atoms with van der Waals surface area (Å²) in [7, 11) is 0. The second kappa shape index (κ2) is 7.68. The fraction of sp³-hybridized carbons (Fsp3) is 0.125. The van der Waals surface area contributed by atoms with Gasteiger partial charge >= 0.3 is 5.97 Å². The highest BCUT2D eigenvalue weighted by Gasteiger charge is 2.24. The van der Waals surface area contributed by atoms with Crippen LogP contribution in [0.2, 0.25) is 15.1 Å². The molecule has 0 fully saturated rings. The lowest BCUT2D eigenvalue weighted by Gasteiger charge is -2.16. The normalized spacial score (nSPS) is 11.8. The SMILES string of the molecule is O=C(N[C@H](Cc1c(Cl)cccc1Cl)C(=O)O)c1ccccc1Cl. The third-order valence-corrected chi connectivity index (χ3v) is 4.23. The molecule has 0 saturated carbocycles. The van der Waals surface area contributed by atoms with E-state index in [0.717, 1.165) is 0 Å². The van der Waals surface area contributed by atoms with Gasteiger partial charge in [0.1, 0.15) is 6.04 Å². The molecule has 0 aromatic heterocycles. The van der Waals surface area contributed by atoms with Crippen LogP contribution in [0.4, 0.5) is 0 Å². The van der Waals surface area contributed by atoms with Crippen molar-refractivity contribution < 1.29 is 14.7 Å². The molecule has 0 radical (unpaired) electrons. The standard InChI is InChI=1S/C16H12Cl3NO3/c17-11-5-2-1-4-9(11)15(21)20-14(16(22)23)8-10-12(18)6-3-7-13(10)19/h1-7,14H,8H2,(H,20,21)(H,22,23)/t14-/m1/s1. The Balaban J connectivity index is 2.22. The van der Waals surface area contributed by atoms with Crippen LogP contribution in [-0.4, -0.2) is 23.0 Å². The van der Waals surface area contributed by atoms with Crippen LogP contribution in [0.3, 0.4) is 0 Å². The summed E-state index contributed by atoms with van der Waals surface area (Å²) in [5, 5.41) is 12.7. The van der Waals surface area contributed by atoms with Crippen molar-refractivity contribution in [1.82, 2.24) is 5.32 Å². The minimum absolute atomic E-state index is 0.0377. The molecule has 2 aromatic carbocycles. The number of amides is 1. The molecule has 0 heterocycles. The van der Waals surface area contributed by atoms with Crippen molar-refractivity contribution in [3.8, 4) is 0 Å². The summed E-state index contributed by atoms with van der Waals surface area (Å²) in [5.74, 6) is -1.77. The average molecular weight is 373 g/mol. The van der Waals surface area contributed by atoms with Gasteiger partial charge in [-0.1, -0.05) is 53.0 Å². The monoisotopic (exact) mass is 371 g/mol. The molecular formula is C16H12Cl3NO3. The number of benzene rings is 2. The van der Waals surface area contributed by atoms with Crippen LogP contribution in [0.15, 0.2) is 42.5 Å². The third kappa shape index (κ3) is 4.38. The van der Waals surface area contributed by atoms with Crippen molar-refractivity contribution in [2.75, 3.05) is 0 Å². The quantitative estimate of drug-likeness (QED) is 0.831. The van der Waals surface area contributed by atoms with Crippen molar-refractivity contribution in [1.29, 1.82) is 0 Å². The first-order valence-electron chi connectivity index (χ1n) is 6.61. The lowest BCUT2D eigenvalue weighted by Crippen LogP contribution is -2.42. The molecule has 120 valence electrons. The number of carbonyl (C=O) groups excluding carboxylic acids is 1. The molecular weight excluding hydrogens is 361 g/mol. The van der Waals surface area contributed by atoms with Crippen molar-refractivity contribution in [2.24, 2.45) is 0 Å². The predicted octanol–water partition coefficient (Wildman–Crippen LogP) is 4.07. The van der Waals surface area contributed by atoms with Crippen LogP contribution in [0.5, 0.6) is 0 Å². The molecule has 2 aromatic rings. The van der Waals surface area contributed by atoms with E-state index in [1.165, 1.54) is 6.07 Å². The van der Waals surface area contributed by atoms with Crippen LogP contribution < -0.4 is 5.32 Å². The summed E-state index contributed by atoms with van der Waals surface area (Å²) in [6.45, 7) is 0. The maximum absolute atomic E-state index is 12.2. The molecule has 4 nitrogen and oxygen atoms in total. The van der Waals surface area contributed by atoms with E-state index in [-0.39, 0.29) is 17.0 Å². The number of rotatable bonds is 5. The Bertz CT molecular complexity index is 729. The van der Waals surface area contributed by atoms with Crippen LogP contribution in [-0.2, 0) is 11.2 Å². The zero-order chi connectivity index (χ0) is 17.0. The Morgan fingerprint density at radius 1 is 0.957 bits per heavy atom. The summed E-state index contributed by atoms with van der Waals surface area (Å²) in [5.41, 5.74) is 0.661. The van der Waals surface area contributed by atoms with Crippen molar-refractivity contribution in [3.63, 3.8) is 0 Å². The average Bonchev–Trinajstić information content (AvgIpc) is 2.50. The Morgan fingerprint density at radius 2 is 1.52 bits per heavy atom. The number of halogens is 3. The maximum atomic E-state index is 12.2. The molecule has 0 aliphatic heterocycles. The highest BCUT2D eigenvalue weighted by molar-refractivity contribution is 6.36. The molecule has 0 bridgehead atoms. The fourth-order valence-corrected chi connectivity index (χ4v) is 2.79. The van der Waals surface area contributed by atoms with Crippen LogP contribution in [0.1, 0.15) is 15.9 Å². The van der Waals surface area contributed by atoms with Gasteiger partial charge < -0.3 is 10.4 Å². The van der Waals surface area contributed by atoms with E-state index in [1.807, 2.05) is 0 Å². The van der Waals surface area contributed by atoms with Crippen molar-refractivity contribution in [2.45, 2.75) is 12.5 Å². The van der Waals surface area contributed by atoms with Crippen LogP contribution >= 0.6 is 34.8 Å². The van der Waals surface area contributed by atoms with Crippen molar-refractivity contribution >= 4 is 46.7 Å². The van der Waals surface area contributed by atoms with E-state index in [1.54, 1.807) is 36.4 Å². The minimum atomic E-state index is -1.19. The van der Waals surface area contributed by atoms with Gasteiger partial charge in [0.2, 0.25) is 0 Å². The van der Waals surface area contributed by atoms with Gasteiger partial charge in [0.15, 0.2) is 0 Å². The Kier molecular flexibility index (Phi) is 5.88. The zero-order valence-corrected chi connectivity index (χ0v) is 14.0. The molecule has 23 heavy (non-hydrogen) atoms. The van der Waals surface area contributed by atoms with Crippen LogP contribution in [0.25, 0.3) is 0 Å². The van der Waals surface area contributed by atoms with Gasteiger partial charge in [-0.05, 0) is 29.8 Å². The van der Waals surface area contributed by atoms with Gasteiger partial charge in [0.25, 0.3) is 5.91 Å². The van der Waals surface area contributed by atoms with Gasteiger partial charge in [-0.15, -0.1) is 0 Å². The molecule has 1 amide bonds. The summed E-state index contributed by atoms with van der Waals surface area (Å²) in [6.07, 6.45) is -0.0377. The number of carboxylic acids is 1. The first-order chi connectivity index (χ1) is 10.9. The number of aliphatic carboxylic acids is 1. The zero-order valence-electron chi connectivity index (χ0n) is 11.7. The smallest absolute Gasteiger partial charge is 0.326 e. The van der Waals surface area contributed by atoms with E-state index < -0.39 is 17.9 Å². The van der Waals surface area contributed by atoms with Gasteiger partial charge in [0, 0.05) is 16.5 Å². The third-order valence-electron chi connectivity index (χ3n) is 3.19. The molecule has 0 saturated heterocycles. The van der Waals surface area contributed by atoms with Gasteiger partial charge in [-0.2, -0.15) is 0 Å². The molecule has 0 unspecified atom stereocenters. The Morgan fingerprint density at radius 3 is 2.09 bits per heavy atom. The number of nitrogens with one attached hydrogen (secondary N) is 1. The van der Waals surface area contributed by atoms with E-state index in [2.05, 4.69) is 5.32 Å². The van der Waals surface area contributed by atoms with Crippen LogP contribution in [0, 0.1) is 0 Å². The second-order valence-corrected chi connectivity index (χ2v) is 5.97. The lowest BCUT2D eigenvalue weighted by molar-refractivity contribution is -0.139. The minimum Gasteiger partial charge on any atom is -0.480 e. The summed E-state index contributed by atoms with van der Waals surface area (Å²) in [4.78, 5) is 23.7. The first kappa shape index (κ1) is 17.6. The molecule has 2 rings (SSSR count). The number of hydrogen-bond donors (Lipinski definition) is 2. The van der Waals surface area contributed by atoms with E-state index >= 15 is 0 Å². The molecule has 0 spiro atoms. The topological polar surface area (TPSA) is 66.4 Å². The van der Waals surface area contributed by atoms with Crippen molar-refractivity contribution in [3.05, 3.63) is 68.7 Å². The maximum Gasteiger partial charge on any atom is 0.326 e. The molecule has 7 heteroatoms. The molecule has 0 aliphatic rings. The van der Waals surface area contributed by atoms with E-state index in [9.17, 15) is 14.7 Å². The van der Waals surface area contributed by atoms with E-state index in [4.69, 9.17) is 34.8 Å². The van der Waals surface area contributed by atoms with E-state index in [0.29, 0.717) is 15.6 Å². The molecule has 2 N–H and O–H groups in total. The first-order valence-corrected chi connectivity index (χ1v) is 7.74. The Labute approximate surface area is 148 Å². The Hall–Kier alpha value is -1.75. The summed E-state index contributed by atoms with van der Waals surface area (Å²) >= 11 is 18.0. The number of carboxylic acid groups (broad SMARTS) is 1. The lowest BCUT2D eigenvalue weighted by atomic mass is 10.0. The highest BCUT2D eigenvalue weighted by atomic mass is 35.5.